The van der Waals surface area contributed by atoms with Gasteiger partial charge in [-0.2, -0.15) is 0 Å². The Hall–Kier alpha value is -1.92. The molecule has 0 N–H and O–H groups in total. The molecular weight excluding hydrogens is 400 g/mol. The fourth-order valence-corrected chi connectivity index (χ4v) is 6.08. The lowest BCUT2D eigenvalue weighted by Gasteiger charge is -2.11. The Labute approximate surface area is 179 Å². The van der Waals surface area contributed by atoms with Crippen molar-refractivity contribution in [3.8, 4) is 0 Å². The summed E-state index contributed by atoms with van der Waals surface area (Å²) >= 11 is 3.03. The largest absolute Gasteiger partial charge is 0.293 e. The third-order valence-electron chi connectivity index (χ3n) is 5.47. The minimum Gasteiger partial charge on any atom is -0.293 e. The highest BCUT2D eigenvalue weighted by molar-refractivity contribution is 7.99. The standard InChI is InChI=1S/C23H26N2O2S2/c1-4-12-25-22(27)20-17-6-5-7-19(17)29-21(20)24-23(25)28-13-18(26)16-10-8-15(9-11-16)14(2)3/h8-11,14H,4-7,12-13H2,1-3H3. The van der Waals surface area contributed by atoms with Gasteiger partial charge in [-0.15, -0.1) is 11.3 Å². The van der Waals surface area contributed by atoms with Gasteiger partial charge in [0.15, 0.2) is 10.9 Å². The predicted octanol–water partition coefficient (Wildman–Crippen LogP) is 5.46. The van der Waals surface area contributed by atoms with Crippen LogP contribution in [0, 0.1) is 0 Å². The second-order valence-electron chi connectivity index (χ2n) is 7.88. The van der Waals surface area contributed by atoms with Crippen LogP contribution in [-0.2, 0) is 19.4 Å². The number of carbonyl (C=O) groups excluding carboxylic acids is 1. The van der Waals surface area contributed by atoms with Crippen molar-refractivity contribution in [3.63, 3.8) is 0 Å². The number of thioether (sulfide) groups is 1. The molecule has 0 unspecified atom stereocenters. The van der Waals surface area contributed by atoms with Gasteiger partial charge < -0.3 is 0 Å². The second kappa shape index (κ2) is 8.44. The molecule has 0 bridgehead atoms. The summed E-state index contributed by atoms with van der Waals surface area (Å²) < 4.78 is 1.77. The van der Waals surface area contributed by atoms with Gasteiger partial charge >= 0.3 is 0 Å². The van der Waals surface area contributed by atoms with Gasteiger partial charge in [-0.1, -0.05) is 56.8 Å². The molecule has 0 saturated carbocycles. The number of aromatic nitrogens is 2. The van der Waals surface area contributed by atoms with Crippen LogP contribution in [0.2, 0.25) is 0 Å². The zero-order valence-corrected chi connectivity index (χ0v) is 18.8. The lowest BCUT2D eigenvalue weighted by molar-refractivity contribution is 0.102. The van der Waals surface area contributed by atoms with Gasteiger partial charge in [0.25, 0.3) is 5.56 Å². The first-order valence-corrected chi connectivity index (χ1v) is 12.1. The third-order valence-corrected chi connectivity index (χ3v) is 7.63. The predicted molar refractivity (Wildman–Crippen MR) is 122 cm³/mol. The van der Waals surface area contributed by atoms with E-state index in [4.69, 9.17) is 4.98 Å². The summed E-state index contributed by atoms with van der Waals surface area (Å²) in [4.78, 5) is 32.9. The van der Waals surface area contributed by atoms with Crippen molar-refractivity contribution in [2.24, 2.45) is 0 Å². The Morgan fingerprint density at radius 2 is 2.00 bits per heavy atom. The summed E-state index contributed by atoms with van der Waals surface area (Å²) in [5.41, 5.74) is 3.21. The summed E-state index contributed by atoms with van der Waals surface area (Å²) in [6.45, 7) is 6.97. The number of hydrogen-bond donors (Lipinski definition) is 0. The van der Waals surface area contributed by atoms with E-state index < -0.39 is 0 Å². The molecule has 2 aromatic heterocycles. The number of ketones is 1. The van der Waals surface area contributed by atoms with Crippen molar-refractivity contribution >= 4 is 39.1 Å². The van der Waals surface area contributed by atoms with Crippen molar-refractivity contribution in [1.29, 1.82) is 0 Å². The van der Waals surface area contributed by atoms with Gasteiger partial charge in [-0.3, -0.25) is 14.2 Å². The first-order chi connectivity index (χ1) is 14.0. The van der Waals surface area contributed by atoms with Crippen molar-refractivity contribution in [2.45, 2.75) is 64.1 Å². The lowest BCUT2D eigenvalue weighted by atomic mass is 10.0. The van der Waals surface area contributed by atoms with Crippen molar-refractivity contribution in [1.82, 2.24) is 9.55 Å². The number of nitrogens with zero attached hydrogens (tertiary/aromatic N) is 2. The lowest BCUT2D eigenvalue weighted by Crippen LogP contribution is -2.23. The fraction of sp³-hybridized carbons (Fsp3) is 0.435. The van der Waals surface area contributed by atoms with Crippen LogP contribution >= 0.6 is 23.1 Å². The van der Waals surface area contributed by atoms with E-state index >= 15 is 0 Å². The van der Waals surface area contributed by atoms with Crippen LogP contribution < -0.4 is 5.56 Å². The van der Waals surface area contributed by atoms with Crippen molar-refractivity contribution < 1.29 is 4.79 Å². The number of benzene rings is 1. The Bertz CT molecular complexity index is 1110. The van der Waals surface area contributed by atoms with Crippen LogP contribution in [0.1, 0.15) is 65.9 Å². The number of fused-ring (bicyclic) bond motifs is 3. The molecule has 4 nitrogen and oxygen atoms in total. The highest BCUT2D eigenvalue weighted by Crippen LogP contribution is 2.35. The molecule has 0 aliphatic heterocycles. The summed E-state index contributed by atoms with van der Waals surface area (Å²) in [6.07, 6.45) is 4.02. The van der Waals surface area contributed by atoms with E-state index in [2.05, 4.69) is 20.8 Å². The topological polar surface area (TPSA) is 52.0 Å². The van der Waals surface area contributed by atoms with Crippen LogP contribution in [0.3, 0.4) is 0 Å². The maximum atomic E-state index is 13.2. The monoisotopic (exact) mass is 426 g/mol. The minimum absolute atomic E-state index is 0.0625. The van der Waals surface area contributed by atoms with E-state index in [0.29, 0.717) is 23.2 Å². The minimum atomic E-state index is 0.0625. The molecule has 0 spiro atoms. The van der Waals surface area contributed by atoms with Gasteiger partial charge in [0.2, 0.25) is 0 Å². The number of hydrogen-bond acceptors (Lipinski definition) is 5. The molecule has 29 heavy (non-hydrogen) atoms. The van der Waals surface area contributed by atoms with Crippen molar-refractivity contribution in [2.75, 3.05) is 5.75 Å². The molecule has 1 aromatic carbocycles. The molecule has 1 aliphatic carbocycles. The number of carbonyl (C=O) groups is 1. The molecular formula is C23H26N2O2S2. The summed E-state index contributed by atoms with van der Waals surface area (Å²) in [5.74, 6) is 0.796. The number of Topliss-reactive ketones (excluding diaryl/α,β-unsaturated/α-hetero) is 1. The van der Waals surface area contributed by atoms with E-state index in [9.17, 15) is 9.59 Å². The van der Waals surface area contributed by atoms with Gasteiger partial charge in [0, 0.05) is 17.0 Å². The Kier molecular flexibility index (Phi) is 5.93. The molecule has 152 valence electrons. The highest BCUT2D eigenvalue weighted by atomic mass is 32.2. The fourth-order valence-electron chi connectivity index (χ4n) is 3.86. The second-order valence-corrected chi connectivity index (χ2v) is 9.90. The van der Waals surface area contributed by atoms with Crippen LogP contribution in [0.15, 0.2) is 34.2 Å². The zero-order chi connectivity index (χ0) is 20.5. The highest BCUT2D eigenvalue weighted by Gasteiger charge is 2.23. The van der Waals surface area contributed by atoms with Crippen LogP contribution in [0.5, 0.6) is 0 Å². The first-order valence-electron chi connectivity index (χ1n) is 10.3. The molecule has 3 aromatic rings. The summed E-state index contributed by atoms with van der Waals surface area (Å²) in [7, 11) is 0. The Morgan fingerprint density at radius 3 is 2.69 bits per heavy atom. The smallest absolute Gasteiger partial charge is 0.263 e. The summed E-state index contributed by atoms with van der Waals surface area (Å²) in [5, 5.41) is 1.48. The SMILES string of the molecule is CCCn1c(SCC(=O)c2ccc(C(C)C)cc2)nc2sc3c(c2c1=O)CCC3. The maximum Gasteiger partial charge on any atom is 0.263 e. The van der Waals surface area contributed by atoms with Crippen molar-refractivity contribution in [3.05, 3.63) is 56.2 Å². The van der Waals surface area contributed by atoms with E-state index in [0.717, 1.165) is 35.9 Å². The number of thiophene rings is 1. The number of rotatable bonds is 7. The average molecular weight is 427 g/mol. The van der Waals surface area contributed by atoms with E-state index in [1.165, 1.54) is 27.8 Å². The van der Waals surface area contributed by atoms with E-state index in [-0.39, 0.29) is 17.1 Å². The Balaban J connectivity index is 1.61. The van der Waals surface area contributed by atoms with Gasteiger partial charge in [-0.05, 0) is 42.7 Å². The molecule has 0 amide bonds. The van der Waals surface area contributed by atoms with Crippen LogP contribution in [-0.4, -0.2) is 21.1 Å². The van der Waals surface area contributed by atoms with Gasteiger partial charge in [0.05, 0.1) is 11.1 Å². The Morgan fingerprint density at radius 1 is 1.24 bits per heavy atom. The molecule has 0 radical (unpaired) electrons. The molecule has 0 saturated heterocycles. The summed E-state index contributed by atoms with van der Waals surface area (Å²) in [6, 6.07) is 7.84. The molecule has 1 aliphatic rings. The zero-order valence-electron chi connectivity index (χ0n) is 17.2. The average Bonchev–Trinajstić information content (AvgIpc) is 3.29. The first kappa shape index (κ1) is 20.4. The van der Waals surface area contributed by atoms with Crippen LogP contribution in [0.25, 0.3) is 10.2 Å². The van der Waals surface area contributed by atoms with Gasteiger partial charge in [0.1, 0.15) is 4.83 Å². The number of aryl methyl sites for hydroxylation is 2. The molecule has 0 fully saturated rings. The van der Waals surface area contributed by atoms with E-state index in [1.807, 2.05) is 24.3 Å². The van der Waals surface area contributed by atoms with Gasteiger partial charge in [-0.25, -0.2) is 4.98 Å². The maximum absolute atomic E-state index is 13.2. The molecule has 6 heteroatoms. The third kappa shape index (κ3) is 3.92. The molecule has 2 heterocycles. The van der Waals surface area contributed by atoms with E-state index in [1.54, 1.807) is 15.9 Å². The normalized spacial score (nSPS) is 13.4. The molecule has 0 atom stereocenters. The quantitative estimate of drug-likeness (QED) is 0.286. The molecule has 4 rings (SSSR count). The van der Waals surface area contributed by atoms with Crippen LogP contribution in [0.4, 0.5) is 0 Å².